The predicted octanol–water partition coefficient (Wildman–Crippen LogP) is 3.92. The van der Waals surface area contributed by atoms with E-state index in [2.05, 4.69) is 31.6 Å². The summed E-state index contributed by atoms with van der Waals surface area (Å²) in [6, 6.07) is 4.60. The Labute approximate surface area is 311 Å². The number of thiazole rings is 1. The zero-order valence-corrected chi connectivity index (χ0v) is 31.2. The molecule has 0 aromatic carbocycles. The Morgan fingerprint density at radius 3 is 1.70 bits per heavy atom. The number of carbonyl (C=O) groups excluding carboxylic acids is 5. The summed E-state index contributed by atoms with van der Waals surface area (Å²) in [5, 5.41) is 21.2. The van der Waals surface area contributed by atoms with Crippen molar-refractivity contribution in [3.63, 3.8) is 0 Å². The molecular weight excluding hydrogens is 737 g/mol. The SMILES string of the molecule is CC(C)c1sc(NC(=O)c2cc(NC(=O)c3cc(NC(=O)c4cc(NC=O)cn4C)cn3C)cn2C)nc1C(=O)NCCCN(C)C.O=C(O)C(F)(F)F. The molecule has 0 bridgehead atoms. The summed E-state index contributed by atoms with van der Waals surface area (Å²) < 4.78 is 36.4. The fraction of sp³-hybridized carbons (Fsp3) is 0.364. The van der Waals surface area contributed by atoms with Crippen molar-refractivity contribution in [2.45, 2.75) is 32.4 Å². The molecule has 17 nitrogen and oxygen atoms in total. The number of carbonyl (C=O) groups is 6. The van der Waals surface area contributed by atoms with Crippen molar-refractivity contribution in [3.05, 3.63) is 64.4 Å². The van der Waals surface area contributed by atoms with Gasteiger partial charge in [0.15, 0.2) is 5.13 Å². The second-order valence-corrected chi connectivity index (χ2v) is 13.4. The standard InChI is InChI=1S/C31H40N10O5S.C2HF3O2/c1-18(2)26-25(30(46)32-9-8-10-38(3)4)36-31(47-26)37-29(45)24-13-21(16-41(24)7)35-28(44)23-12-20(15-40(23)6)34-27(43)22-11-19(33-17-42)14-39(22)5;3-2(4,5)1(6)7/h11-18H,8-10H2,1-7H3,(H,32,46)(H,33,42)(H,34,43)(H,35,44)(H,36,37,45);(H,6,7). The van der Waals surface area contributed by atoms with Crippen LogP contribution in [0.1, 0.15) is 73.0 Å². The summed E-state index contributed by atoms with van der Waals surface area (Å²) in [6.45, 7) is 5.29. The molecule has 0 unspecified atom stereocenters. The quantitative estimate of drug-likeness (QED) is 0.0808. The van der Waals surface area contributed by atoms with Gasteiger partial charge in [0.2, 0.25) is 6.41 Å². The van der Waals surface area contributed by atoms with E-state index in [4.69, 9.17) is 9.90 Å². The molecule has 0 atom stereocenters. The lowest BCUT2D eigenvalue weighted by molar-refractivity contribution is -0.192. The van der Waals surface area contributed by atoms with Gasteiger partial charge < -0.3 is 45.0 Å². The van der Waals surface area contributed by atoms with Crippen molar-refractivity contribution in [2.75, 3.05) is 48.5 Å². The van der Waals surface area contributed by atoms with Gasteiger partial charge in [-0.1, -0.05) is 13.8 Å². The largest absolute Gasteiger partial charge is 0.490 e. The number of alkyl halides is 3. The van der Waals surface area contributed by atoms with Gasteiger partial charge >= 0.3 is 12.1 Å². The van der Waals surface area contributed by atoms with E-state index in [0.29, 0.717) is 46.5 Å². The number of carboxylic acids is 1. The van der Waals surface area contributed by atoms with Crippen molar-refractivity contribution < 1.29 is 47.0 Å². The first-order valence-corrected chi connectivity index (χ1v) is 16.9. The number of rotatable bonds is 14. The van der Waals surface area contributed by atoms with Gasteiger partial charge in [0.1, 0.15) is 22.8 Å². The smallest absolute Gasteiger partial charge is 0.475 e. The van der Waals surface area contributed by atoms with Crippen LogP contribution >= 0.6 is 11.3 Å². The maximum atomic E-state index is 13.2. The summed E-state index contributed by atoms with van der Waals surface area (Å²) >= 11 is 1.25. The van der Waals surface area contributed by atoms with E-state index in [-0.39, 0.29) is 23.2 Å². The first-order valence-electron chi connectivity index (χ1n) is 16.1. The number of nitrogens with one attached hydrogen (secondary N) is 5. The highest BCUT2D eigenvalue weighted by atomic mass is 32.1. The molecule has 0 radical (unpaired) electrons. The summed E-state index contributed by atoms with van der Waals surface area (Å²) in [4.78, 5) is 78.9. The molecule has 4 rings (SSSR count). The van der Waals surface area contributed by atoms with Gasteiger partial charge in [0.25, 0.3) is 23.6 Å². The zero-order chi connectivity index (χ0) is 40.5. The van der Waals surface area contributed by atoms with Crippen LogP contribution in [-0.2, 0) is 30.7 Å². The minimum absolute atomic E-state index is 0.0283. The van der Waals surface area contributed by atoms with Gasteiger partial charge in [-0.3, -0.25) is 29.3 Å². The van der Waals surface area contributed by atoms with E-state index in [1.54, 1.807) is 53.4 Å². The van der Waals surface area contributed by atoms with Gasteiger partial charge in [-0.05, 0) is 51.2 Å². The Hall–Kier alpha value is -5.96. The van der Waals surface area contributed by atoms with Crippen LogP contribution in [0, 0.1) is 0 Å². The van der Waals surface area contributed by atoms with Crippen molar-refractivity contribution in [1.29, 1.82) is 0 Å². The second kappa shape index (κ2) is 18.2. The van der Waals surface area contributed by atoms with E-state index in [1.165, 1.54) is 29.5 Å². The van der Waals surface area contributed by atoms with Crippen molar-refractivity contribution >= 4 is 69.5 Å². The van der Waals surface area contributed by atoms with Gasteiger partial charge in [-0.15, -0.1) is 11.3 Å². The maximum Gasteiger partial charge on any atom is 0.490 e. The lowest BCUT2D eigenvalue weighted by Gasteiger charge is -2.10. The molecule has 4 heterocycles. The lowest BCUT2D eigenvalue weighted by Crippen LogP contribution is -2.28. The lowest BCUT2D eigenvalue weighted by atomic mass is 10.1. The highest BCUT2D eigenvalue weighted by Gasteiger charge is 2.38. The first kappa shape index (κ1) is 42.5. The molecule has 6 N–H and O–H groups in total. The molecular formula is C33H41F3N10O7S. The van der Waals surface area contributed by atoms with Crippen LogP contribution in [-0.4, -0.2) is 98.1 Å². The van der Waals surface area contributed by atoms with Crippen molar-refractivity contribution in [1.82, 2.24) is 28.9 Å². The maximum absolute atomic E-state index is 13.2. The van der Waals surface area contributed by atoms with Crippen molar-refractivity contribution in [2.24, 2.45) is 21.1 Å². The van der Waals surface area contributed by atoms with Gasteiger partial charge in [-0.25, -0.2) is 9.78 Å². The molecule has 5 amide bonds. The van der Waals surface area contributed by atoms with Crippen LogP contribution in [0.2, 0.25) is 0 Å². The third-order valence-corrected chi connectivity index (χ3v) is 8.65. The van der Waals surface area contributed by atoms with Crippen LogP contribution in [0.4, 0.5) is 35.4 Å². The molecule has 0 aliphatic heterocycles. The number of aryl methyl sites for hydroxylation is 3. The summed E-state index contributed by atoms with van der Waals surface area (Å²) in [7, 11) is 8.96. The van der Waals surface area contributed by atoms with Crippen LogP contribution < -0.4 is 26.6 Å². The number of anilines is 4. The fourth-order valence-electron chi connectivity index (χ4n) is 4.83. The number of carboxylic acid groups (broad SMARTS) is 1. The minimum atomic E-state index is -5.08. The molecule has 0 spiro atoms. The summed E-state index contributed by atoms with van der Waals surface area (Å²) in [5.41, 5.74) is 2.39. The van der Waals surface area contributed by atoms with E-state index in [1.807, 2.05) is 32.8 Å². The van der Waals surface area contributed by atoms with Crippen LogP contribution in [0.3, 0.4) is 0 Å². The van der Waals surface area contributed by atoms with E-state index < -0.39 is 29.9 Å². The fourth-order valence-corrected chi connectivity index (χ4v) is 5.79. The van der Waals surface area contributed by atoms with Crippen LogP contribution in [0.15, 0.2) is 36.8 Å². The number of hydrogen-bond acceptors (Lipinski definition) is 9. The Bertz CT molecular complexity index is 2010. The van der Waals surface area contributed by atoms with Gasteiger partial charge in [0.05, 0.1) is 17.1 Å². The molecule has 292 valence electrons. The minimum Gasteiger partial charge on any atom is -0.475 e. The normalized spacial score (nSPS) is 11.1. The second-order valence-electron chi connectivity index (χ2n) is 12.4. The zero-order valence-electron chi connectivity index (χ0n) is 30.4. The molecule has 4 aromatic heterocycles. The number of nitrogens with zero attached hydrogens (tertiary/aromatic N) is 5. The van der Waals surface area contributed by atoms with Gasteiger partial charge in [-0.2, -0.15) is 13.2 Å². The Kier molecular flexibility index (Phi) is 14.3. The molecule has 4 aromatic rings. The summed E-state index contributed by atoms with van der Waals surface area (Å²) in [6.07, 6.45) is 1.05. The average molecular weight is 779 g/mol. The molecule has 0 aliphatic carbocycles. The average Bonchev–Trinajstić information content (AvgIpc) is 3.84. The third kappa shape index (κ3) is 11.5. The third-order valence-electron chi connectivity index (χ3n) is 7.38. The molecule has 54 heavy (non-hydrogen) atoms. The predicted molar refractivity (Wildman–Crippen MR) is 195 cm³/mol. The Morgan fingerprint density at radius 1 is 0.833 bits per heavy atom. The van der Waals surface area contributed by atoms with Gasteiger partial charge in [0, 0.05) is 51.2 Å². The molecule has 21 heteroatoms. The molecule has 0 aliphatic rings. The number of amides is 5. The summed E-state index contributed by atoms with van der Waals surface area (Å²) in [5.74, 6) is -4.34. The Morgan fingerprint density at radius 2 is 1.28 bits per heavy atom. The van der Waals surface area contributed by atoms with Crippen LogP contribution in [0.5, 0.6) is 0 Å². The number of aliphatic carboxylic acids is 1. The number of aromatic nitrogens is 4. The topological polar surface area (TPSA) is 214 Å². The van der Waals surface area contributed by atoms with Crippen LogP contribution in [0.25, 0.3) is 0 Å². The van der Waals surface area contributed by atoms with E-state index >= 15 is 0 Å². The molecule has 0 saturated carbocycles. The molecule has 0 saturated heterocycles. The molecule has 0 fully saturated rings. The number of hydrogen-bond donors (Lipinski definition) is 6. The first-order chi connectivity index (χ1) is 25.2. The van der Waals surface area contributed by atoms with E-state index in [0.717, 1.165) is 17.8 Å². The van der Waals surface area contributed by atoms with Crippen molar-refractivity contribution in [3.8, 4) is 0 Å². The Balaban J connectivity index is 0.00000102. The highest BCUT2D eigenvalue weighted by Crippen LogP contribution is 2.30. The highest BCUT2D eigenvalue weighted by molar-refractivity contribution is 7.16. The number of halogens is 3. The van der Waals surface area contributed by atoms with E-state index in [9.17, 15) is 37.1 Å². The monoisotopic (exact) mass is 778 g/mol.